The molecule has 1 aliphatic rings. The SMILES string of the molecule is CC(C)C([O])C1CNC1. The van der Waals surface area contributed by atoms with Crippen molar-refractivity contribution >= 4 is 0 Å². The van der Waals surface area contributed by atoms with Crippen LogP contribution in [0.4, 0.5) is 0 Å². The van der Waals surface area contributed by atoms with Crippen molar-refractivity contribution in [3.63, 3.8) is 0 Å². The fourth-order valence-electron chi connectivity index (χ4n) is 1.09. The molecule has 1 aliphatic heterocycles. The molecule has 9 heavy (non-hydrogen) atoms. The summed E-state index contributed by atoms with van der Waals surface area (Å²) in [6.07, 6.45) is -0.341. The first-order valence-corrected chi connectivity index (χ1v) is 3.58. The molecular weight excluding hydrogens is 114 g/mol. The van der Waals surface area contributed by atoms with E-state index in [0.717, 1.165) is 13.1 Å². The normalized spacial score (nSPS) is 24.0. The fraction of sp³-hybridized carbons (Fsp3) is 1.00. The van der Waals surface area contributed by atoms with Crippen LogP contribution in [0.3, 0.4) is 0 Å². The molecule has 0 saturated carbocycles. The van der Waals surface area contributed by atoms with Crippen LogP contribution in [0.15, 0.2) is 0 Å². The van der Waals surface area contributed by atoms with Gasteiger partial charge in [-0.1, -0.05) is 13.8 Å². The summed E-state index contributed by atoms with van der Waals surface area (Å²) in [7, 11) is 0. The first-order chi connectivity index (χ1) is 4.22. The van der Waals surface area contributed by atoms with Crippen molar-refractivity contribution < 1.29 is 5.11 Å². The van der Waals surface area contributed by atoms with Gasteiger partial charge in [0.1, 0.15) is 6.10 Å². The molecule has 2 nitrogen and oxygen atoms in total. The molecule has 0 aromatic carbocycles. The monoisotopic (exact) mass is 128 g/mol. The minimum Gasteiger partial charge on any atom is -0.316 e. The zero-order chi connectivity index (χ0) is 6.85. The van der Waals surface area contributed by atoms with Crippen molar-refractivity contribution in [1.82, 2.24) is 5.32 Å². The number of hydrogen-bond donors (Lipinski definition) is 1. The van der Waals surface area contributed by atoms with Crippen LogP contribution in [-0.4, -0.2) is 19.2 Å². The van der Waals surface area contributed by atoms with E-state index in [-0.39, 0.29) is 6.10 Å². The predicted molar refractivity (Wildman–Crippen MR) is 35.7 cm³/mol. The number of hydrogen-bond acceptors (Lipinski definition) is 1. The van der Waals surface area contributed by atoms with Gasteiger partial charge in [0.15, 0.2) is 0 Å². The summed E-state index contributed by atoms with van der Waals surface area (Å²) in [6.45, 7) is 5.87. The van der Waals surface area contributed by atoms with Crippen molar-refractivity contribution in [3.8, 4) is 0 Å². The van der Waals surface area contributed by atoms with Crippen molar-refractivity contribution in [1.29, 1.82) is 0 Å². The first kappa shape index (κ1) is 7.03. The highest BCUT2D eigenvalue weighted by Gasteiger charge is 2.28. The third kappa shape index (κ3) is 1.43. The average molecular weight is 128 g/mol. The van der Waals surface area contributed by atoms with Crippen LogP contribution < -0.4 is 5.32 Å². The summed E-state index contributed by atoms with van der Waals surface area (Å²) in [6, 6.07) is 0. The average Bonchev–Trinajstić information content (AvgIpc) is 1.60. The summed E-state index contributed by atoms with van der Waals surface area (Å²) >= 11 is 0. The van der Waals surface area contributed by atoms with Gasteiger partial charge in [0.05, 0.1) is 0 Å². The summed E-state index contributed by atoms with van der Waals surface area (Å²) in [4.78, 5) is 0. The van der Waals surface area contributed by atoms with Crippen LogP contribution in [0.1, 0.15) is 13.8 Å². The van der Waals surface area contributed by atoms with Gasteiger partial charge in [-0.05, 0) is 5.92 Å². The van der Waals surface area contributed by atoms with Gasteiger partial charge in [-0.3, -0.25) is 0 Å². The van der Waals surface area contributed by atoms with Crippen LogP contribution in [-0.2, 0) is 5.11 Å². The van der Waals surface area contributed by atoms with E-state index in [4.69, 9.17) is 0 Å². The lowest BCUT2D eigenvalue weighted by Crippen LogP contribution is -2.49. The Bertz CT molecular complexity index is 88.9. The maximum absolute atomic E-state index is 11.2. The molecular formula is C7H14NO. The van der Waals surface area contributed by atoms with E-state index >= 15 is 0 Å². The summed E-state index contributed by atoms with van der Waals surface area (Å²) in [5, 5.41) is 14.3. The molecule has 0 amide bonds. The van der Waals surface area contributed by atoms with E-state index in [9.17, 15) is 5.11 Å². The summed E-state index contributed by atoms with van der Waals surface area (Å²) < 4.78 is 0. The van der Waals surface area contributed by atoms with Crippen LogP contribution in [0, 0.1) is 11.8 Å². The predicted octanol–water partition coefficient (Wildman–Crippen LogP) is 0.661. The van der Waals surface area contributed by atoms with Crippen molar-refractivity contribution in [2.75, 3.05) is 13.1 Å². The molecule has 1 fully saturated rings. The minimum atomic E-state index is -0.341. The Morgan fingerprint density at radius 2 is 2.00 bits per heavy atom. The van der Waals surface area contributed by atoms with E-state index in [1.54, 1.807) is 0 Å². The first-order valence-electron chi connectivity index (χ1n) is 3.58. The Balaban J connectivity index is 2.23. The minimum absolute atomic E-state index is 0.303. The van der Waals surface area contributed by atoms with Gasteiger partial charge in [-0.15, -0.1) is 0 Å². The molecule has 0 aliphatic carbocycles. The van der Waals surface area contributed by atoms with Crippen LogP contribution >= 0.6 is 0 Å². The van der Waals surface area contributed by atoms with Crippen molar-refractivity contribution in [3.05, 3.63) is 0 Å². The summed E-state index contributed by atoms with van der Waals surface area (Å²) in [5.41, 5.74) is 0. The maximum atomic E-state index is 11.2. The Kier molecular flexibility index (Phi) is 2.09. The Labute approximate surface area is 56.3 Å². The maximum Gasteiger partial charge on any atom is 0.100 e. The standard InChI is InChI=1S/C7H14NO/c1-5(2)7(9)6-3-8-4-6/h5-8H,3-4H2,1-2H3. The molecule has 1 N–H and O–H groups in total. The molecule has 1 rings (SSSR count). The molecule has 0 aromatic rings. The Hall–Kier alpha value is -0.0800. The van der Waals surface area contributed by atoms with E-state index in [0.29, 0.717) is 11.8 Å². The Morgan fingerprint density at radius 1 is 1.44 bits per heavy atom. The molecule has 0 spiro atoms. The van der Waals surface area contributed by atoms with Gasteiger partial charge in [0.2, 0.25) is 0 Å². The largest absolute Gasteiger partial charge is 0.316 e. The zero-order valence-electron chi connectivity index (χ0n) is 6.05. The summed E-state index contributed by atoms with van der Waals surface area (Å²) in [5.74, 6) is 0.710. The second kappa shape index (κ2) is 2.67. The van der Waals surface area contributed by atoms with Crippen molar-refractivity contribution in [2.45, 2.75) is 20.0 Å². The zero-order valence-corrected chi connectivity index (χ0v) is 6.05. The van der Waals surface area contributed by atoms with E-state index < -0.39 is 0 Å². The lowest BCUT2D eigenvalue weighted by molar-refractivity contribution is -0.0174. The topological polar surface area (TPSA) is 31.9 Å². The number of rotatable bonds is 2. The van der Waals surface area contributed by atoms with E-state index in [1.165, 1.54) is 0 Å². The highest BCUT2D eigenvalue weighted by Crippen LogP contribution is 2.16. The van der Waals surface area contributed by atoms with Gasteiger partial charge in [-0.25, -0.2) is 5.11 Å². The number of nitrogens with one attached hydrogen (secondary N) is 1. The molecule has 1 saturated heterocycles. The van der Waals surface area contributed by atoms with Gasteiger partial charge in [0.25, 0.3) is 0 Å². The lowest BCUT2D eigenvalue weighted by Gasteiger charge is -2.32. The Morgan fingerprint density at radius 3 is 2.11 bits per heavy atom. The van der Waals surface area contributed by atoms with Crippen molar-refractivity contribution in [2.24, 2.45) is 11.8 Å². The molecule has 0 aromatic heterocycles. The second-order valence-electron chi connectivity index (χ2n) is 3.13. The third-order valence-corrected chi connectivity index (χ3v) is 1.93. The molecule has 1 atom stereocenters. The van der Waals surface area contributed by atoms with E-state index in [1.807, 2.05) is 13.8 Å². The van der Waals surface area contributed by atoms with Crippen LogP contribution in [0.2, 0.25) is 0 Å². The highest BCUT2D eigenvalue weighted by atomic mass is 16.3. The smallest absolute Gasteiger partial charge is 0.100 e. The van der Waals surface area contributed by atoms with Gasteiger partial charge >= 0.3 is 0 Å². The van der Waals surface area contributed by atoms with Gasteiger partial charge in [-0.2, -0.15) is 0 Å². The third-order valence-electron chi connectivity index (χ3n) is 1.93. The van der Waals surface area contributed by atoms with Crippen LogP contribution in [0.25, 0.3) is 0 Å². The quantitative estimate of drug-likeness (QED) is 0.582. The fourth-order valence-corrected chi connectivity index (χ4v) is 1.09. The molecule has 1 radical (unpaired) electrons. The van der Waals surface area contributed by atoms with Gasteiger partial charge < -0.3 is 5.32 Å². The van der Waals surface area contributed by atoms with Gasteiger partial charge in [0, 0.05) is 19.0 Å². The van der Waals surface area contributed by atoms with E-state index in [2.05, 4.69) is 5.32 Å². The highest BCUT2D eigenvalue weighted by molar-refractivity contribution is 4.82. The lowest BCUT2D eigenvalue weighted by atomic mass is 9.89. The second-order valence-corrected chi connectivity index (χ2v) is 3.13. The molecule has 0 bridgehead atoms. The molecule has 53 valence electrons. The molecule has 2 heteroatoms. The molecule has 1 heterocycles. The van der Waals surface area contributed by atoms with Crippen LogP contribution in [0.5, 0.6) is 0 Å². The molecule has 1 unspecified atom stereocenters.